The summed E-state index contributed by atoms with van der Waals surface area (Å²) in [7, 11) is 0. The Labute approximate surface area is 123 Å². The summed E-state index contributed by atoms with van der Waals surface area (Å²) in [6.07, 6.45) is 0.752. The SMILES string of the molecule is CCNc1nc(NCCc2ccccc2C)c(F)cc1F. The van der Waals surface area contributed by atoms with Crippen LogP contribution in [0.25, 0.3) is 0 Å². The van der Waals surface area contributed by atoms with E-state index in [2.05, 4.69) is 15.6 Å². The van der Waals surface area contributed by atoms with Crippen LogP contribution < -0.4 is 10.6 Å². The third-order valence-corrected chi connectivity index (χ3v) is 3.22. The first-order valence-electron chi connectivity index (χ1n) is 7.00. The van der Waals surface area contributed by atoms with Crippen LogP contribution in [0.2, 0.25) is 0 Å². The molecule has 0 amide bonds. The average molecular weight is 291 g/mol. The Kier molecular flexibility index (Phi) is 5.09. The van der Waals surface area contributed by atoms with Crippen molar-refractivity contribution in [3.05, 3.63) is 53.1 Å². The number of pyridine rings is 1. The molecule has 112 valence electrons. The van der Waals surface area contributed by atoms with Gasteiger partial charge in [-0.1, -0.05) is 24.3 Å². The van der Waals surface area contributed by atoms with E-state index in [1.165, 1.54) is 11.1 Å². The van der Waals surface area contributed by atoms with E-state index in [0.717, 1.165) is 12.5 Å². The van der Waals surface area contributed by atoms with Crippen LogP contribution in [0.15, 0.2) is 30.3 Å². The maximum absolute atomic E-state index is 13.7. The molecule has 1 aromatic heterocycles. The first-order chi connectivity index (χ1) is 10.1. The number of hydrogen-bond donors (Lipinski definition) is 2. The summed E-state index contributed by atoms with van der Waals surface area (Å²) in [6, 6.07) is 8.88. The lowest BCUT2D eigenvalue weighted by molar-refractivity contribution is 0.578. The summed E-state index contributed by atoms with van der Waals surface area (Å²) in [4.78, 5) is 3.94. The largest absolute Gasteiger partial charge is 0.368 e. The summed E-state index contributed by atoms with van der Waals surface area (Å²) in [5.74, 6) is -1.23. The van der Waals surface area contributed by atoms with Gasteiger partial charge in [0.25, 0.3) is 0 Å². The molecule has 1 heterocycles. The zero-order valence-electron chi connectivity index (χ0n) is 12.2. The molecule has 2 aromatic rings. The van der Waals surface area contributed by atoms with Gasteiger partial charge in [0.2, 0.25) is 0 Å². The van der Waals surface area contributed by atoms with Crippen molar-refractivity contribution in [2.24, 2.45) is 0 Å². The average Bonchev–Trinajstić information content (AvgIpc) is 2.46. The van der Waals surface area contributed by atoms with E-state index in [1.807, 2.05) is 38.1 Å². The van der Waals surface area contributed by atoms with Crippen molar-refractivity contribution in [2.45, 2.75) is 20.3 Å². The highest BCUT2D eigenvalue weighted by molar-refractivity contribution is 5.47. The monoisotopic (exact) mass is 291 g/mol. The summed E-state index contributed by atoms with van der Waals surface area (Å²) < 4.78 is 27.1. The van der Waals surface area contributed by atoms with E-state index in [0.29, 0.717) is 13.1 Å². The molecule has 0 aliphatic rings. The number of halogens is 2. The van der Waals surface area contributed by atoms with Gasteiger partial charge in [-0.25, -0.2) is 13.8 Å². The third-order valence-electron chi connectivity index (χ3n) is 3.22. The molecule has 0 aliphatic carbocycles. The van der Waals surface area contributed by atoms with Gasteiger partial charge in [0.1, 0.15) is 0 Å². The lowest BCUT2D eigenvalue weighted by Crippen LogP contribution is -2.11. The number of nitrogens with one attached hydrogen (secondary N) is 2. The van der Waals surface area contributed by atoms with E-state index in [4.69, 9.17) is 0 Å². The standard InChI is InChI=1S/C16H19F2N3/c1-3-19-15-13(17)10-14(18)16(21-15)20-9-8-12-7-5-4-6-11(12)2/h4-7,10H,3,8-9H2,1-2H3,(H2,19,20,21). The van der Waals surface area contributed by atoms with Gasteiger partial charge >= 0.3 is 0 Å². The van der Waals surface area contributed by atoms with E-state index in [9.17, 15) is 8.78 Å². The van der Waals surface area contributed by atoms with Crippen LogP contribution in [-0.4, -0.2) is 18.1 Å². The highest BCUT2D eigenvalue weighted by atomic mass is 19.1. The predicted molar refractivity (Wildman–Crippen MR) is 81.7 cm³/mol. The van der Waals surface area contributed by atoms with E-state index < -0.39 is 11.6 Å². The molecule has 5 heteroatoms. The lowest BCUT2D eigenvalue weighted by Gasteiger charge is -2.11. The van der Waals surface area contributed by atoms with Crippen molar-refractivity contribution in [3.63, 3.8) is 0 Å². The summed E-state index contributed by atoms with van der Waals surface area (Å²) in [5.41, 5.74) is 2.39. The van der Waals surface area contributed by atoms with Gasteiger partial charge in [0.15, 0.2) is 23.3 Å². The number of nitrogens with zero attached hydrogens (tertiary/aromatic N) is 1. The Hall–Kier alpha value is -2.17. The molecule has 0 bridgehead atoms. The molecule has 2 rings (SSSR count). The number of benzene rings is 1. The Bertz CT molecular complexity index is 614. The van der Waals surface area contributed by atoms with Crippen LogP contribution in [0.5, 0.6) is 0 Å². The van der Waals surface area contributed by atoms with E-state index >= 15 is 0 Å². The smallest absolute Gasteiger partial charge is 0.168 e. The Morgan fingerprint density at radius 2 is 1.71 bits per heavy atom. The van der Waals surface area contributed by atoms with Crippen LogP contribution in [0.3, 0.4) is 0 Å². The molecule has 0 saturated carbocycles. The fourth-order valence-corrected chi connectivity index (χ4v) is 2.09. The molecule has 21 heavy (non-hydrogen) atoms. The lowest BCUT2D eigenvalue weighted by atomic mass is 10.1. The fourth-order valence-electron chi connectivity index (χ4n) is 2.09. The molecule has 1 aromatic carbocycles. The zero-order valence-corrected chi connectivity index (χ0v) is 12.2. The molecule has 0 aliphatic heterocycles. The number of aromatic nitrogens is 1. The van der Waals surface area contributed by atoms with Crippen molar-refractivity contribution in [1.29, 1.82) is 0 Å². The first-order valence-corrected chi connectivity index (χ1v) is 7.00. The fraction of sp³-hybridized carbons (Fsp3) is 0.312. The van der Waals surface area contributed by atoms with Gasteiger partial charge in [-0.3, -0.25) is 0 Å². The Morgan fingerprint density at radius 1 is 1.05 bits per heavy atom. The second-order valence-corrected chi connectivity index (χ2v) is 4.78. The van der Waals surface area contributed by atoms with Gasteiger partial charge in [-0.2, -0.15) is 0 Å². The molecular weight excluding hydrogens is 272 g/mol. The maximum Gasteiger partial charge on any atom is 0.168 e. The van der Waals surface area contributed by atoms with E-state index in [-0.39, 0.29) is 11.6 Å². The number of hydrogen-bond acceptors (Lipinski definition) is 3. The van der Waals surface area contributed by atoms with Crippen molar-refractivity contribution in [3.8, 4) is 0 Å². The van der Waals surface area contributed by atoms with Crippen LogP contribution in [0, 0.1) is 18.6 Å². The molecular formula is C16H19F2N3. The molecule has 0 spiro atoms. The van der Waals surface area contributed by atoms with Crippen molar-refractivity contribution in [2.75, 3.05) is 23.7 Å². The molecule has 0 saturated heterocycles. The number of anilines is 2. The van der Waals surface area contributed by atoms with Gasteiger partial charge in [0, 0.05) is 19.2 Å². The Morgan fingerprint density at radius 3 is 2.38 bits per heavy atom. The minimum atomic E-state index is -0.682. The predicted octanol–water partition coefficient (Wildman–Crippen LogP) is 3.75. The van der Waals surface area contributed by atoms with Crippen molar-refractivity contribution < 1.29 is 8.78 Å². The molecule has 0 unspecified atom stereocenters. The third kappa shape index (κ3) is 3.90. The first kappa shape index (κ1) is 15.2. The van der Waals surface area contributed by atoms with Crippen molar-refractivity contribution >= 4 is 11.6 Å². The normalized spacial score (nSPS) is 10.5. The second-order valence-electron chi connectivity index (χ2n) is 4.78. The summed E-state index contributed by atoms with van der Waals surface area (Å²) in [6.45, 7) is 4.93. The topological polar surface area (TPSA) is 37.0 Å². The van der Waals surface area contributed by atoms with Crippen LogP contribution >= 0.6 is 0 Å². The number of aryl methyl sites for hydroxylation is 1. The Balaban J connectivity index is 2.03. The molecule has 3 nitrogen and oxygen atoms in total. The minimum absolute atomic E-state index is 0.0669. The second kappa shape index (κ2) is 7.02. The van der Waals surface area contributed by atoms with E-state index in [1.54, 1.807) is 0 Å². The molecule has 0 atom stereocenters. The van der Waals surface area contributed by atoms with Gasteiger partial charge in [-0.15, -0.1) is 0 Å². The maximum atomic E-state index is 13.7. The summed E-state index contributed by atoms with van der Waals surface area (Å²) in [5, 5.41) is 5.69. The summed E-state index contributed by atoms with van der Waals surface area (Å²) >= 11 is 0. The van der Waals surface area contributed by atoms with Crippen molar-refractivity contribution in [1.82, 2.24) is 4.98 Å². The van der Waals surface area contributed by atoms with Gasteiger partial charge in [-0.05, 0) is 31.4 Å². The zero-order chi connectivity index (χ0) is 15.2. The highest BCUT2D eigenvalue weighted by Gasteiger charge is 2.11. The molecule has 0 fully saturated rings. The van der Waals surface area contributed by atoms with Gasteiger partial charge in [0.05, 0.1) is 0 Å². The van der Waals surface area contributed by atoms with Gasteiger partial charge < -0.3 is 10.6 Å². The van der Waals surface area contributed by atoms with Crippen LogP contribution in [-0.2, 0) is 6.42 Å². The quantitative estimate of drug-likeness (QED) is 0.851. The van der Waals surface area contributed by atoms with Crippen LogP contribution in [0.4, 0.5) is 20.4 Å². The number of rotatable bonds is 6. The van der Waals surface area contributed by atoms with Crippen LogP contribution in [0.1, 0.15) is 18.1 Å². The molecule has 2 N–H and O–H groups in total. The molecule has 0 radical (unpaired) electrons. The minimum Gasteiger partial charge on any atom is -0.368 e. The highest BCUT2D eigenvalue weighted by Crippen LogP contribution is 2.19.